The number of hydrogen-bond acceptors (Lipinski definition) is 3. The van der Waals surface area contributed by atoms with Crippen molar-refractivity contribution in [2.45, 2.75) is 25.7 Å². The second kappa shape index (κ2) is 3.98. The first kappa shape index (κ1) is 9.49. The van der Waals surface area contributed by atoms with Crippen LogP contribution in [0.5, 0.6) is 5.75 Å². The third-order valence-electron chi connectivity index (χ3n) is 2.43. The average Bonchev–Trinajstić information content (AvgIpc) is 2.56. The molecule has 1 heterocycles. The first-order valence-corrected chi connectivity index (χ1v) is 4.91. The lowest BCUT2D eigenvalue weighted by Crippen LogP contribution is -2.24. The number of ether oxygens (including phenoxy) is 1. The molecule has 1 saturated heterocycles. The SMILES string of the molecule is CC1CNC(Cc2ccccc2O)O1. The normalized spacial score (nSPS) is 26.6. The monoisotopic (exact) mass is 193 g/mol. The zero-order valence-corrected chi connectivity index (χ0v) is 8.23. The van der Waals surface area contributed by atoms with Gasteiger partial charge in [0, 0.05) is 13.0 Å². The van der Waals surface area contributed by atoms with Crippen LogP contribution in [0.15, 0.2) is 24.3 Å². The molecule has 0 amide bonds. The van der Waals surface area contributed by atoms with Crippen molar-refractivity contribution in [2.75, 3.05) is 6.54 Å². The number of phenolic OH excluding ortho intramolecular Hbond substituents is 1. The van der Waals surface area contributed by atoms with Crippen LogP contribution >= 0.6 is 0 Å². The lowest BCUT2D eigenvalue weighted by Gasteiger charge is -2.11. The van der Waals surface area contributed by atoms with E-state index in [-0.39, 0.29) is 12.3 Å². The first-order valence-electron chi connectivity index (χ1n) is 4.91. The molecule has 2 unspecified atom stereocenters. The molecule has 3 heteroatoms. The van der Waals surface area contributed by atoms with Gasteiger partial charge in [0.05, 0.1) is 6.10 Å². The average molecular weight is 193 g/mol. The molecule has 0 spiro atoms. The highest BCUT2D eigenvalue weighted by Gasteiger charge is 2.21. The Morgan fingerprint density at radius 2 is 2.29 bits per heavy atom. The molecule has 2 rings (SSSR count). The molecule has 2 N–H and O–H groups in total. The molecule has 76 valence electrons. The number of benzene rings is 1. The van der Waals surface area contributed by atoms with Gasteiger partial charge in [-0.15, -0.1) is 0 Å². The fraction of sp³-hybridized carbons (Fsp3) is 0.455. The Hall–Kier alpha value is -1.06. The molecule has 3 nitrogen and oxygen atoms in total. The van der Waals surface area contributed by atoms with Gasteiger partial charge in [0.2, 0.25) is 0 Å². The predicted octanol–water partition coefficient (Wildman–Crippen LogP) is 1.27. The van der Waals surface area contributed by atoms with Gasteiger partial charge in [-0.3, -0.25) is 5.32 Å². The molecule has 1 aliphatic heterocycles. The zero-order chi connectivity index (χ0) is 9.97. The fourth-order valence-corrected chi connectivity index (χ4v) is 1.68. The van der Waals surface area contributed by atoms with Gasteiger partial charge in [-0.25, -0.2) is 0 Å². The van der Waals surface area contributed by atoms with Crippen molar-refractivity contribution in [2.24, 2.45) is 0 Å². The van der Waals surface area contributed by atoms with E-state index >= 15 is 0 Å². The molecule has 1 aliphatic rings. The molecule has 0 aliphatic carbocycles. The van der Waals surface area contributed by atoms with E-state index in [0.717, 1.165) is 18.5 Å². The second-order valence-electron chi connectivity index (χ2n) is 3.68. The van der Waals surface area contributed by atoms with Crippen LogP contribution in [0.25, 0.3) is 0 Å². The van der Waals surface area contributed by atoms with Gasteiger partial charge in [0.1, 0.15) is 12.0 Å². The summed E-state index contributed by atoms with van der Waals surface area (Å²) in [6, 6.07) is 7.37. The van der Waals surface area contributed by atoms with Gasteiger partial charge in [-0.2, -0.15) is 0 Å². The molecule has 2 atom stereocenters. The van der Waals surface area contributed by atoms with Crippen LogP contribution in [0.1, 0.15) is 12.5 Å². The van der Waals surface area contributed by atoms with Crippen molar-refractivity contribution < 1.29 is 9.84 Å². The third kappa shape index (κ3) is 2.05. The van der Waals surface area contributed by atoms with Gasteiger partial charge in [0.25, 0.3) is 0 Å². The van der Waals surface area contributed by atoms with Gasteiger partial charge < -0.3 is 9.84 Å². The van der Waals surface area contributed by atoms with Crippen molar-refractivity contribution >= 4 is 0 Å². The molecule has 0 bridgehead atoms. The summed E-state index contributed by atoms with van der Waals surface area (Å²) in [6.45, 7) is 2.93. The Labute approximate surface area is 83.7 Å². The van der Waals surface area contributed by atoms with Crippen LogP contribution in [0.2, 0.25) is 0 Å². The van der Waals surface area contributed by atoms with E-state index in [4.69, 9.17) is 4.74 Å². The lowest BCUT2D eigenvalue weighted by atomic mass is 10.1. The van der Waals surface area contributed by atoms with E-state index < -0.39 is 0 Å². The number of aromatic hydroxyl groups is 1. The Kier molecular flexibility index (Phi) is 2.70. The summed E-state index contributed by atoms with van der Waals surface area (Å²) in [5, 5.41) is 12.8. The maximum atomic E-state index is 9.55. The lowest BCUT2D eigenvalue weighted by molar-refractivity contribution is 0.0517. The van der Waals surface area contributed by atoms with Crippen molar-refractivity contribution in [3.63, 3.8) is 0 Å². The Morgan fingerprint density at radius 3 is 2.93 bits per heavy atom. The minimum Gasteiger partial charge on any atom is -0.508 e. The largest absolute Gasteiger partial charge is 0.508 e. The molecule has 1 fully saturated rings. The molecule has 0 radical (unpaired) electrons. The molecule has 0 saturated carbocycles. The van der Waals surface area contributed by atoms with Gasteiger partial charge in [-0.1, -0.05) is 18.2 Å². The van der Waals surface area contributed by atoms with Crippen LogP contribution in [0.4, 0.5) is 0 Å². The number of hydrogen-bond donors (Lipinski definition) is 2. The van der Waals surface area contributed by atoms with Gasteiger partial charge in [-0.05, 0) is 18.6 Å². The highest BCUT2D eigenvalue weighted by atomic mass is 16.5. The first-order chi connectivity index (χ1) is 6.75. The minimum absolute atomic E-state index is 0.0401. The number of rotatable bonds is 2. The van der Waals surface area contributed by atoms with Crippen molar-refractivity contribution in [1.29, 1.82) is 0 Å². The predicted molar refractivity (Wildman–Crippen MR) is 54.1 cm³/mol. The Balaban J connectivity index is 2.01. The molecule has 14 heavy (non-hydrogen) atoms. The standard InChI is InChI=1S/C11H15NO2/c1-8-7-12-11(14-8)6-9-4-2-3-5-10(9)13/h2-5,8,11-13H,6-7H2,1H3. The molecule has 1 aromatic rings. The Morgan fingerprint density at radius 1 is 1.50 bits per heavy atom. The maximum absolute atomic E-state index is 9.55. The van der Waals surface area contributed by atoms with Crippen LogP contribution in [0.3, 0.4) is 0 Å². The summed E-state index contributed by atoms with van der Waals surface area (Å²) >= 11 is 0. The molecule has 1 aromatic carbocycles. The van der Waals surface area contributed by atoms with E-state index in [1.807, 2.05) is 25.1 Å². The van der Waals surface area contributed by atoms with Crippen LogP contribution < -0.4 is 5.32 Å². The quantitative estimate of drug-likeness (QED) is 0.743. The number of nitrogens with one attached hydrogen (secondary N) is 1. The topological polar surface area (TPSA) is 41.5 Å². The highest BCUT2D eigenvalue weighted by Crippen LogP contribution is 2.19. The smallest absolute Gasteiger partial charge is 0.118 e. The third-order valence-corrected chi connectivity index (χ3v) is 2.43. The summed E-state index contributed by atoms with van der Waals surface area (Å²) in [5.74, 6) is 0.345. The van der Waals surface area contributed by atoms with Gasteiger partial charge >= 0.3 is 0 Å². The summed E-state index contributed by atoms with van der Waals surface area (Å²) in [5.41, 5.74) is 0.930. The van der Waals surface area contributed by atoms with E-state index in [0.29, 0.717) is 5.75 Å². The Bertz CT molecular complexity index is 314. The fourth-order valence-electron chi connectivity index (χ4n) is 1.68. The molecule has 0 aromatic heterocycles. The van der Waals surface area contributed by atoms with Crippen molar-refractivity contribution in [1.82, 2.24) is 5.32 Å². The highest BCUT2D eigenvalue weighted by molar-refractivity contribution is 5.32. The molecular formula is C11H15NO2. The van der Waals surface area contributed by atoms with Gasteiger partial charge in [0.15, 0.2) is 0 Å². The van der Waals surface area contributed by atoms with E-state index in [9.17, 15) is 5.11 Å². The molecular weight excluding hydrogens is 178 g/mol. The van der Waals surface area contributed by atoms with Crippen LogP contribution in [0, 0.1) is 0 Å². The van der Waals surface area contributed by atoms with Crippen LogP contribution in [-0.4, -0.2) is 24.0 Å². The summed E-state index contributed by atoms with van der Waals surface area (Å²) in [4.78, 5) is 0. The van der Waals surface area contributed by atoms with E-state index in [1.165, 1.54) is 0 Å². The van der Waals surface area contributed by atoms with Crippen LogP contribution in [-0.2, 0) is 11.2 Å². The number of para-hydroxylation sites is 1. The second-order valence-corrected chi connectivity index (χ2v) is 3.68. The summed E-state index contributed by atoms with van der Waals surface area (Å²) in [7, 11) is 0. The zero-order valence-electron chi connectivity index (χ0n) is 8.23. The summed E-state index contributed by atoms with van der Waals surface area (Å²) < 4.78 is 5.60. The van der Waals surface area contributed by atoms with Crippen molar-refractivity contribution in [3.05, 3.63) is 29.8 Å². The number of phenols is 1. The van der Waals surface area contributed by atoms with Crippen molar-refractivity contribution in [3.8, 4) is 5.75 Å². The van der Waals surface area contributed by atoms with E-state index in [1.54, 1.807) is 6.07 Å². The minimum atomic E-state index is 0.0401. The van der Waals surface area contributed by atoms with E-state index in [2.05, 4.69) is 5.32 Å². The summed E-state index contributed by atoms with van der Waals surface area (Å²) in [6.07, 6.45) is 1.03. The maximum Gasteiger partial charge on any atom is 0.118 e.